The van der Waals surface area contributed by atoms with Gasteiger partial charge in [-0.15, -0.1) is 0 Å². The molecule has 1 aromatic heterocycles. The van der Waals surface area contributed by atoms with E-state index in [0.717, 1.165) is 22.0 Å². The summed E-state index contributed by atoms with van der Waals surface area (Å²) in [6.45, 7) is 4.19. The first-order valence-corrected chi connectivity index (χ1v) is 9.06. The van der Waals surface area contributed by atoms with E-state index in [1.165, 1.54) is 11.1 Å². The highest BCUT2D eigenvalue weighted by Crippen LogP contribution is 2.29. The van der Waals surface area contributed by atoms with Gasteiger partial charge in [-0.25, -0.2) is 0 Å². The topological polar surface area (TPSA) is 67.0 Å². The number of ether oxygens (including phenoxy) is 1. The van der Waals surface area contributed by atoms with Gasteiger partial charge in [0.05, 0.1) is 18.2 Å². The molecule has 0 fully saturated rings. The van der Waals surface area contributed by atoms with Gasteiger partial charge in [-0.2, -0.15) is 5.10 Å². The molecular formula is C23H21N3O2. The van der Waals surface area contributed by atoms with Crippen LogP contribution in [-0.2, 0) is 0 Å². The number of anilines is 1. The highest BCUT2D eigenvalue weighted by molar-refractivity contribution is 6.09. The number of aryl methyl sites for hydroxylation is 2. The molecule has 4 rings (SSSR count). The zero-order valence-electron chi connectivity index (χ0n) is 16.0. The van der Waals surface area contributed by atoms with Crippen molar-refractivity contribution in [1.82, 2.24) is 10.2 Å². The lowest BCUT2D eigenvalue weighted by Crippen LogP contribution is -2.13. The number of methoxy groups -OCH3 is 1. The summed E-state index contributed by atoms with van der Waals surface area (Å²) < 4.78 is 5.27. The summed E-state index contributed by atoms with van der Waals surface area (Å²) in [7, 11) is 1.55. The number of H-pyrrole nitrogens is 1. The minimum Gasteiger partial charge on any atom is -0.496 e. The van der Waals surface area contributed by atoms with Crippen molar-refractivity contribution in [3.8, 4) is 16.9 Å². The molecular weight excluding hydrogens is 350 g/mol. The van der Waals surface area contributed by atoms with Crippen LogP contribution in [0.2, 0.25) is 0 Å². The van der Waals surface area contributed by atoms with Gasteiger partial charge >= 0.3 is 0 Å². The monoisotopic (exact) mass is 371 g/mol. The quantitative estimate of drug-likeness (QED) is 0.524. The van der Waals surface area contributed by atoms with E-state index >= 15 is 0 Å². The molecule has 0 aliphatic carbocycles. The van der Waals surface area contributed by atoms with Gasteiger partial charge < -0.3 is 10.1 Å². The van der Waals surface area contributed by atoms with Crippen LogP contribution in [-0.4, -0.2) is 23.2 Å². The van der Waals surface area contributed by atoms with Crippen molar-refractivity contribution >= 4 is 22.6 Å². The molecule has 0 atom stereocenters. The molecule has 0 unspecified atom stereocenters. The second kappa shape index (κ2) is 7.19. The molecule has 0 radical (unpaired) electrons. The maximum Gasteiger partial charge on any atom is 0.260 e. The van der Waals surface area contributed by atoms with E-state index < -0.39 is 0 Å². The van der Waals surface area contributed by atoms with Gasteiger partial charge in [-0.05, 0) is 49.2 Å². The molecule has 1 amide bonds. The number of benzene rings is 3. The molecule has 0 aliphatic heterocycles. The predicted octanol–water partition coefficient (Wildman–Crippen LogP) is 5.11. The van der Waals surface area contributed by atoms with Crippen molar-refractivity contribution in [3.05, 3.63) is 77.4 Å². The zero-order valence-corrected chi connectivity index (χ0v) is 16.0. The third-order valence-electron chi connectivity index (χ3n) is 4.70. The fourth-order valence-corrected chi connectivity index (χ4v) is 3.44. The molecule has 5 heteroatoms. The molecule has 0 saturated carbocycles. The first kappa shape index (κ1) is 17.8. The number of para-hydroxylation sites is 1. The fraction of sp³-hybridized carbons (Fsp3) is 0.130. The third-order valence-corrected chi connectivity index (χ3v) is 4.70. The van der Waals surface area contributed by atoms with E-state index in [0.29, 0.717) is 17.1 Å². The first-order valence-electron chi connectivity index (χ1n) is 9.06. The Morgan fingerprint density at radius 2 is 1.71 bits per heavy atom. The average molecular weight is 371 g/mol. The maximum absolute atomic E-state index is 12.7. The molecule has 140 valence electrons. The minimum absolute atomic E-state index is 0.260. The van der Waals surface area contributed by atoms with Crippen molar-refractivity contribution in [2.24, 2.45) is 0 Å². The van der Waals surface area contributed by atoms with Crippen molar-refractivity contribution < 1.29 is 9.53 Å². The van der Waals surface area contributed by atoms with Crippen LogP contribution in [0.4, 0.5) is 5.82 Å². The van der Waals surface area contributed by atoms with Crippen molar-refractivity contribution in [1.29, 1.82) is 0 Å². The van der Waals surface area contributed by atoms with Crippen LogP contribution >= 0.6 is 0 Å². The summed E-state index contributed by atoms with van der Waals surface area (Å²) in [5.74, 6) is 0.763. The summed E-state index contributed by atoms with van der Waals surface area (Å²) in [6.07, 6.45) is 0. The average Bonchev–Trinajstić information content (AvgIpc) is 3.09. The van der Waals surface area contributed by atoms with Gasteiger partial charge in [-0.1, -0.05) is 47.5 Å². The zero-order chi connectivity index (χ0) is 19.7. The lowest BCUT2D eigenvalue weighted by Gasteiger charge is -2.08. The highest BCUT2D eigenvalue weighted by atomic mass is 16.5. The molecule has 0 saturated heterocycles. The Morgan fingerprint density at radius 1 is 0.964 bits per heavy atom. The lowest BCUT2D eigenvalue weighted by atomic mass is 10.00. The van der Waals surface area contributed by atoms with Crippen LogP contribution in [0.5, 0.6) is 5.75 Å². The van der Waals surface area contributed by atoms with Crippen LogP contribution < -0.4 is 10.1 Å². The number of nitrogens with zero attached hydrogens (tertiary/aromatic N) is 1. The highest BCUT2D eigenvalue weighted by Gasteiger charge is 2.15. The van der Waals surface area contributed by atoms with Crippen LogP contribution in [0, 0.1) is 13.8 Å². The largest absolute Gasteiger partial charge is 0.496 e. The SMILES string of the molecule is COc1ccccc1C(=O)Nc1n[nH]c2cc(-c3cc(C)cc(C)c3)ccc12. The van der Waals surface area contributed by atoms with Gasteiger partial charge in [0.15, 0.2) is 5.82 Å². The number of fused-ring (bicyclic) bond motifs is 1. The Balaban J connectivity index is 1.66. The van der Waals surface area contributed by atoms with Crippen molar-refractivity contribution in [2.45, 2.75) is 13.8 Å². The molecule has 4 aromatic rings. The number of amides is 1. The second-order valence-electron chi connectivity index (χ2n) is 6.86. The molecule has 0 aliphatic rings. The van der Waals surface area contributed by atoms with Crippen molar-refractivity contribution in [3.63, 3.8) is 0 Å². The molecule has 5 nitrogen and oxygen atoms in total. The Morgan fingerprint density at radius 3 is 2.46 bits per heavy atom. The Kier molecular flexibility index (Phi) is 4.57. The van der Waals surface area contributed by atoms with Gasteiger partial charge in [0.1, 0.15) is 5.75 Å². The molecule has 3 aromatic carbocycles. The Labute approximate surface area is 163 Å². The Hall–Kier alpha value is -3.60. The number of aromatic nitrogens is 2. The maximum atomic E-state index is 12.7. The van der Waals surface area contributed by atoms with Crippen LogP contribution in [0.3, 0.4) is 0 Å². The van der Waals surface area contributed by atoms with Gasteiger partial charge in [0, 0.05) is 5.39 Å². The standard InChI is InChI=1S/C23H21N3O2/c1-14-10-15(2)12-17(11-14)16-8-9-18-20(13-16)25-26-22(18)24-23(27)19-6-4-5-7-21(19)28-3/h4-13H,1-3H3,(H2,24,25,26,27). The second-order valence-corrected chi connectivity index (χ2v) is 6.86. The molecule has 0 spiro atoms. The molecule has 1 heterocycles. The molecule has 2 N–H and O–H groups in total. The lowest BCUT2D eigenvalue weighted by molar-refractivity contribution is 0.102. The predicted molar refractivity (Wildman–Crippen MR) is 112 cm³/mol. The number of aromatic amines is 1. The minimum atomic E-state index is -0.260. The normalized spacial score (nSPS) is 10.8. The van der Waals surface area contributed by atoms with E-state index in [4.69, 9.17) is 4.74 Å². The summed E-state index contributed by atoms with van der Waals surface area (Å²) >= 11 is 0. The van der Waals surface area contributed by atoms with E-state index in [-0.39, 0.29) is 5.91 Å². The number of rotatable bonds is 4. The van der Waals surface area contributed by atoms with Gasteiger partial charge in [0.25, 0.3) is 5.91 Å². The van der Waals surface area contributed by atoms with Crippen LogP contribution in [0.25, 0.3) is 22.0 Å². The summed E-state index contributed by atoms with van der Waals surface area (Å²) in [6, 6.07) is 19.7. The first-order chi connectivity index (χ1) is 13.5. The summed E-state index contributed by atoms with van der Waals surface area (Å²) in [4.78, 5) is 12.7. The van der Waals surface area contributed by atoms with Crippen LogP contribution in [0.1, 0.15) is 21.5 Å². The molecule has 0 bridgehead atoms. The van der Waals surface area contributed by atoms with Gasteiger partial charge in [-0.3, -0.25) is 9.89 Å². The fourth-order valence-electron chi connectivity index (χ4n) is 3.44. The van der Waals surface area contributed by atoms with Gasteiger partial charge in [0.2, 0.25) is 0 Å². The van der Waals surface area contributed by atoms with E-state index in [9.17, 15) is 4.79 Å². The number of nitrogens with one attached hydrogen (secondary N) is 2. The molecule has 28 heavy (non-hydrogen) atoms. The summed E-state index contributed by atoms with van der Waals surface area (Å²) in [5.41, 5.74) is 6.05. The number of hydrogen-bond acceptors (Lipinski definition) is 3. The summed E-state index contributed by atoms with van der Waals surface area (Å²) in [5, 5.41) is 11.0. The number of carbonyl (C=O) groups excluding carboxylic acids is 1. The van der Waals surface area contributed by atoms with E-state index in [1.807, 2.05) is 18.2 Å². The third kappa shape index (κ3) is 3.34. The van der Waals surface area contributed by atoms with Crippen molar-refractivity contribution in [2.75, 3.05) is 12.4 Å². The number of hydrogen-bond donors (Lipinski definition) is 2. The van der Waals surface area contributed by atoms with Crippen LogP contribution in [0.15, 0.2) is 60.7 Å². The smallest absolute Gasteiger partial charge is 0.260 e. The Bertz CT molecular complexity index is 1160. The van der Waals surface area contributed by atoms with E-state index in [2.05, 4.69) is 53.6 Å². The van der Waals surface area contributed by atoms with E-state index in [1.54, 1.807) is 25.3 Å². The number of carbonyl (C=O) groups is 1.